The first-order chi connectivity index (χ1) is 7.89. The molecule has 3 unspecified atom stereocenters. The number of sulfone groups is 1. The summed E-state index contributed by atoms with van der Waals surface area (Å²) in [5, 5.41) is 11.8. The van der Waals surface area contributed by atoms with E-state index in [1.165, 1.54) is 11.8 Å². The zero-order valence-corrected chi connectivity index (χ0v) is 11.7. The molecule has 0 radical (unpaired) electrons. The van der Waals surface area contributed by atoms with E-state index in [-0.39, 0.29) is 35.3 Å². The lowest BCUT2D eigenvalue weighted by atomic mass is 10.1. The van der Waals surface area contributed by atoms with Crippen molar-refractivity contribution >= 4 is 27.5 Å². The van der Waals surface area contributed by atoms with E-state index in [0.717, 1.165) is 0 Å². The average Bonchev–Trinajstić information content (AvgIpc) is 2.60. The van der Waals surface area contributed by atoms with E-state index >= 15 is 0 Å². The Hall–Kier alpha value is -0.270. The van der Waals surface area contributed by atoms with E-state index in [2.05, 4.69) is 5.32 Å². The summed E-state index contributed by atoms with van der Waals surface area (Å²) in [5.41, 5.74) is 0. The van der Waals surface area contributed by atoms with Crippen molar-refractivity contribution in [1.29, 1.82) is 0 Å². The van der Waals surface area contributed by atoms with Crippen LogP contribution in [-0.2, 0) is 14.6 Å². The quantitative estimate of drug-likeness (QED) is 0.719. The van der Waals surface area contributed by atoms with E-state index in [4.69, 9.17) is 5.11 Å². The fraction of sp³-hybridized carbons (Fsp3) is 0.900. The highest BCUT2D eigenvalue weighted by Gasteiger charge is 2.33. The van der Waals surface area contributed by atoms with Crippen molar-refractivity contribution in [3.63, 3.8) is 0 Å². The van der Waals surface area contributed by atoms with Gasteiger partial charge < -0.3 is 10.4 Å². The van der Waals surface area contributed by atoms with Crippen molar-refractivity contribution in [2.24, 2.45) is 5.92 Å². The Morgan fingerprint density at radius 1 is 1.59 bits per heavy atom. The number of carbonyl (C=O) groups excluding carboxylic acids is 1. The molecule has 100 valence electrons. The molecule has 0 aromatic heterocycles. The number of aliphatic hydroxyl groups is 1. The molecule has 1 aliphatic rings. The molecule has 0 aromatic rings. The van der Waals surface area contributed by atoms with Gasteiger partial charge in [-0.05, 0) is 19.6 Å². The summed E-state index contributed by atoms with van der Waals surface area (Å²) < 4.78 is 22.5. The van der Waals surface area contributed by atoms with E-state index in [0.29, 0.717) is 6.42 Å². The van der Waals surface area contributed by atoms with Gasteiger partial charge in [-0.2, -0.15) is 11.8 Å². The molecular weight excluding hydrogens is 262 g/mol. The molecule has 0 aromatic carbocycles. The Kier molecular flexibility index (Phi) is 5.27. The number of nitrogens with one attached hydrogen (secondary N) is 1. The lowest BCUT2D eigenvalue weighted by molar-refractivity contribution is -0.124. The Balaban J connectivity index is 2.50. The van der Waals surface area contributed by atoms with Crippen LogP contribution in [0, 0.1) is 5.92 Å². The van der Waals surface area contributed by atoms with Crippen LogP contribution >= 0.6 is 11.8 Å². The SMILES string of the molecule is CSC(CO)C(C)NC(=O)C1CCS(=O)(=O)C1. The molecule has 1 rings (SSSR count). The second-order valence-electron chi connectivity index (χ2n) is 4.35. The van der Waals surface area contributed by atoms with Crippen LogP contribution in [0.5, 0.6) is 0 Å². The largest absolute Gasteiger partial charge is 0.395 e. The molecule has 1 amide bonds. The van der Waals surface area contributed by atoms with Crippen molar-refractivity contribution in [2.75, 3.05) is 24.4 Å². The Labute approximate surface area is 106 Å². The molecule has 1 heterocycles. The lowest BCUT2D eigenvalue weighted by Gasteiger charge is -2.22. The van der Waals surface area contributed by atoms with Crippen LogP contribution in [0.15, 0.2) is 0 Å². The fourth-order valence-electron chi connectivity index (χ4n) is 1.87. The molecule has 0 saturated carbocycles. The van der Waals surface area contributed by atoms with Gasteiger partial charge >= 0.3 is 0 Å². The number of hydrogen-bond acceptors (Lipinski definition) is 5. The predicted molar refractivity (Wildman–Crippen MR) is 68.8 cm³/mol. The average molecular weight is 281 g/mol. The molecule has 1 fully saturated rings. The maximum absolute atomic E-state index is 11.8. The normalized spacial score (nSPS) is 26.4. The second-order valence-corrected chi connectivity index (χ2v) is 7.66. The molecule has 5 nitrogen and oxygen atoms in total. The van der Waals surface area contributed by atoms with Crippen molar-refractivity contribution in [2.45, 2.75) is 24.6 Å². The third-order valence-corrected chi connectivity index (χ3v) is 5.94. The highest BCUT2D eigenvalue weighted by atomic mass is 32.2. The van der Waals surface area contributed by atoms with Crippen LogP contribution < -0.4 is 5.32 Å². The maximum Gasteiger partial charge on any atom is 0.224 e. The van der Waals surface area contributed by atoms with Crippen LogP contribution in [0.2, 0.25) is 0 Å². The number of carbonyl (C=O) groups is 1. The highest BCUT2D eigenvalue weighted by Crippen LogP contribution is 2.19. The van der Waals surface area contributed by atoms with Crippen LogP contribution in [-0.4, -0.2) is 55.1 Å². The lowest BCUT2D eigenvalue weighted by Crippen LogP contribution is -2.44. The minimum atomic E-state index is -3.02. The molecule has 0 bridgehead atoms. The monoisotopic (exact) mass is 281 g/mol. The standard InChI is InChI=1S/C10H19NO4S2/c1-7(9(5-12)16-2)11-10(13)8-3-4-17(14,15)6-8/h7-9,12H,3-6H2,1-2H3,(H,11,13). The Morgan fingerprint density at radius 2 is 2.24 bits per heavy atom. The van der Waals surface area contributed by atoms with Crippen molar-refractivity contribution in [1.82, 2.24) is 5.32 Å². The smallest absolute Gasteiger partial charge is 0.224 e. The van der Waals surface area contributed by atoms with Crippen LogP contribution in [0.4, 0.5) is 0 Å². The zero-order chi connectivity index (χ0) is 13.1. The van der Waals surface area contributed by atoms with E-state index < -0.39 is 15.8 Å². The minimum absolute atomic E-state index is 0.00835. The van der Waals surface area contributed by atoms with Gasteiger partial charge in [0, 0.05) is 11.3 Å². The summed E-state index contributed by atoms with van der Waals surface area (Å²) >= 11 is 1.48. The number of amides is 1. The molecule has 1 saturated heterocycles. The summed E-state index contributed by atoms with van der Waals surface area (Å²) in [6.45, 7) is 1.81. The maximum atomic E-state index is 11.8. The summed E-state index contributed by atoms with van der Waals surface area (Å²) in [5.74, 6) is -0.588. The number of rotatable bonds is 5. The molecule has 1 aliphatic heterocycles. The number of thioether (sulfide) groups is 1. The van der Waals surface area contributed by atoms with E-state index in [9.17, 15) is 13.2 Å². The van der Waals surface area contributed by atoms with Crippen LogP contribution in [0.25, 0.3) is 0 Å². The zero-order valence-electron chi connectivity index (χ0n) is 10.0. The van der Waals surface area contributed by atoms with Crippen LogP contribution in [0.1, 0.15) is 13.3 Å². The highest BCUT2D eigenvalue weighted by molar-refractivity contribution is 7.99. The number of aliphatic hydroxyl groups excluding tert-OH is 1. The summed E-state index contributed by atoms with van der Waals surface area (Å²) in [4.78, 5) is 11.8. The molecule has 0 spiro atoms. The van der Waals surface area contributed by atoms with Crippen molar-refractivity contribution in [3.05, 3.63) is 0 Å². The van der Waals surface area contributed by atoms with Gasteiger partial charge in [-0.15, -0.1) is 0 Å². The van der Waals surface area contributed by atoms with Gasteiger partial charge in [-0.3, -0.25) is 4.79 Å². The molecule has 17 heavy (non-hydrogen) atoms. The Bertz CT molecular complexity index is 365. The number of hydrogen-bond donors (Lipinski definition) is 2. The van der Waals surface area contributed by atoms with Gasteiger partial charge in [-0.1, -0.05) is 0 Å². The second kappa shape index (κ2) is 6.06. The van der Waals surface area contributed by atoms with E-state index in [1.807, 2.05) is 13.2 Å². The summed E-state index contributed by atoms with van der Waals surface area (Å²) in [6.07, 6.45) is 2.27. The van der Waals surface area contributed by atoms with Gasteiger partial charge in [0.05, 0.1) is 24.0 Å². The predicted octanol–water partition coefficient (Wildman–Crippen LogP) is -0.350. The molecule has 2 N–H and O–H groups in total. The molecular formula is C10H19NO4S2. The first-order valence-corrected chi connectivity index (χ1v) is 8.65. The van der Waals surface area contributed by atoms with Gasteiger partial charge in [0.15, 0.2) is 9.84 Å². The van der Waals surface area contributed by atoms with Crippen molar-refractivity contribution < 1.29 is 18.3 Å². The molecule has 0 aliphatic carbocycles. The third kappa shape index (κ3) is 4.15. The summed E-state index contributed by atoms with van der Waals surface area (Å²) in [6, 6.07) is -0.161. The Morgan fingerprint density at radius 3 is 2.65 bits per heavy atom. The van der Waals surface area contributed by atoms with Gasteiger partial charge in [0.25, 0.3) is 0 Å². The van der Waals surface area contributed by atoms with E-state index in [1.54, 1.807) is 0 Å². The van der Waals surface area contributed by atoms with Crippen LogP contribution in [0.3, 0.4) is 0 Å². The van der Waals surface area contributed by atoms with Crippen molar-refractivity contribution in [3.8, 4) is 0 Å². The third-order valence-electron chi connectivity index (χ3n) is 3.01. The minimum Gasteiger partial charge on any atom is -0.395 e. The molecule has 3 atom stereocenters. The molecule has 7 heteroatoms. The fourth-order valence-corrected chi connectivity index (χ4v) is 4.24. The first-order valence-electron chi connectivity index (χ1n) is 5.54. The van der Waals surface area contributed by atoms with Gasteiger partial charge in [0.1, 0.15) is 0 Å². The first kappa shape index (κ1) is 14.8. The van der Waals surface area contributed by atoms with Gasteiger partial charge in [-0.25, -0.2) is 8.42 Å². The topological polar surface area (TPSA) is 83.5 Å². The van der Waals surface area contributed by atoms with Gasteiger partial charge in [0.2, 0.25) is 5.91 Å². The summed E-state index contributed by atoms with van der Waals surface area (Å²) in [7, 11) is -3.02.